The van der Waals surface area contributed by atoms with Crippen molar-refractivity contribution in [2.45, 2.75) is 25.7 Å². The largest absolute Gasteiger partial charge is 0.497 e. The SMILES string of the molecule is COc1ccc(Br)c(C(=O)Nc2ccc(N3CCCCCC3)cc2)c1. The van der Waals surface area contributed by atoms with Gasteiger partial charge in [-0.25, -0.2) is 0 Å². The summed E-state index contributed by atoms with van der Waals surface area (Å²) in [5, 5.41) is 2.95. The van der Waals surface area contributed by atoms with Gasteiger partial charge in [-0.2, -0.15) is 0 Å². The maximum absolute atomic E-state index is 12.5. The molecule has 25 heavy (non-hydrogen) atoms. The van der Waals surface area contributed by atoms with Gasteiger partial charge in [0.2, 0.25) is 0 Å². The van der Waals surface area contributed by atoms with E-state index in [2.05, 4.69) is 38.3 Å². The van der Waals surface area contributed by atoms with Crippen LogP contribution in [0.2, 0.25) is 0 Å². The lowest BCUT2D eigenvalue weighted by Gasteiger charge is -2.22. The van der Waals surface area contributed by atoms with E-state index < -0.39 is 0 Å². The highest BCUT2D eigenvalue weighted by atomic mass is 79.9. The Kier molecular flexibility index (Phi) is 5.97. The average molecular weight is 403 g/mol. The summed E-state index contributed by atoms with van der Waals surface area (Å²) in [6.45, 7) is 2.23. The van der Waals surface area contributed by atoms with Crippen molar-refractivity contribution >= 4 is 33.2 Å². The van der Waals surface area contributed by atoms with Gasteiger partial charge in [0, 0.05) is 28.9 Å². The van der Waals surface area contributed by atoms with Crippen LogP contribution in [0.4, 0.5) is 11.4 Å². The lowest BCUT2D eigenvalue weighted by atomic mass is 10.2. The van der Waals surface area contributed by atoms with Gasteiger partial charge < -0.3 is 15.0 Å². The van der Waals surface area contributed by atoms with Crippen LogP contribution in [-0.4, -0.2) is 26.1 Å². The molecule has 1 heterocycles. The summed E-state index contributed by atoms with van der Waals surface area (Å²) in [5.74, 6) is 0.498. The number of nitrogens with one attached hydrogen (secondary N) is 1. The number of ether oxygens (including phenoxy) is 1. The number of carbonyl (C=O) groups is 1. The van der Waals surface area contributed by atoms with Crippen LogP contribution in [0.25, 0.3) is 0 Å². The summed E-state index contributed by atoms with van der Waals surface area (Å²) < 4.78 is 5.94. The molecule has 0 aliphatic carbocycles. The van der Waals surface area contributed by atoms with Crippen LogP contribution in [0.5, 0.6) is 5.75 Å². The van der Waals surface area contributed by atoms with Crippen molar-refractivity contribution < 1.29 is 9.53 Å². The molecule has 1 aliphatic rings. The second kappa shape index (κ2) is 8.39. The molecule has 0 unspecified atom stereocenters. The zero-order valence-electron chi connectivity index (χ0n) is 14.4. The van der Waals surface area contributed by atoms with Crippen molar-refractivity contribution in [3.63, 3.8) is 0 Å². The van der Waals surface area contributed by atoms with Gasteiger partial charge in [-0.1, -0.05) is 12.8 Å². The molecule has 0 saturated carbocycles. The minimum absolute atomic E-state index is 0.159. The second-order valence-electron chi connectivity index (χ2n) is 6.25. The Morgan fingerprint density at radius 2 is 1.72 bits per heavy atom. The van der Waals surface area contributed by atoms with E-state index in [9.17, 15) is 4.79 Å². The van der Waals surface area contributed by atoms with Crippen LogP contribution < -0.4 is 15.0 Å². The first-order valence-electron chi connectivity index (χ1n) is 8.67. The molecule has 4 nitrogen and oxygen atoms in total. The van der Waals surface area contributed by atoms with Crippen molar-refractivity contribution in [2.75, 3.05) is 30.4 Å². The van der Waals surface area contributed by atoms with Crippen molar-refractivity contribution in [3.8, 4) is 5.75 Å². The molecule has 1 aliphatic heterocycles. The van der Waals surface area contributed by atoms with Crippen LogP contribution in [0, 0.1) is 0 Å². The fraction of sp³-hybridized carbons (Fsp3) is 0.350. The molecule has 0 aromatic heterocycles. The topological polar surface area (TPSA) is 41.6 Å². The summed E-state index contributed by atoms with van der Waals surface area (Å²) in [7, 11) is 1.59. The summed E-state index contributed by atoms with van der Waals surface area (Å²) in [6.07, 6.45) is 5.14. The Balaban J connectivity index is 1.69. The van der Waals surface area contributed by atoms with E-state index in [1.54, 1.807) is 13.2 Å². The van der Waals surface area contributed by atoms with E-state index in [1.807, 2.05) is 24.3 Å². The zero-order valence-corrected chi connectivity index (χ0v) is 16.0. The van der Waals surface area contributed by atoms with Gasteiger partial charge in [-0.3, -0.25) is 4.79 Å². The minimum atomic E-state index is -0.159. The summed E-state index contributed by atoms with van der Waals surface area (Å²) in [4.78, 5) is 15.0. The molecule has 1 N–H and O–H groups in total. The van der Waals surface area contributed by atoms with Gasteiger partial charge in [0.1, 0.15) is 5.75 Å². The normalized spacial score (nSPS) is 14.7. The Morgan fingerprint density at radius 3 is 2.36 bits per heavy atom. The molecular weight excluding hydrogens is 380 g/mol. The molecule has 0 atom stereocenters. The maximum Gasteiger partial charge on any atom is 0.256 e. The van der Waals surface area contributed by atoms with Crippen LogP contribution in [0.1, 0.15) is 36.0 Å². The Labute approximate surface area is 157 Å². The average Bonchev–Trinajstić information content (AvgIpc) is 2.92. The first-order chi connectivity index (χ1) is 12.2. The number of halogens is 1. The van der Waals surface area contributed by atoms with E-state index in [1.165, 1.54) is 31.4 Å². The van der Waals surface area contributed by atoms with Gasteiger partial charge in [-0.15, -0.1) is 0 Å². The third kappa shape index (κ3) is 4.54. The molecule has 0 bridgehead atoms. The molecule has 1 fully saturated rings. The van der Waals surface area contributed by atoms with Crippen LogP contribution in [-0.2, 0) is 0 Å². The molecule has 5 heteroatoms. The van der Waals surface area contributed by atoms with Gasteiger partial charge in [0.15, 0.2) is 0 Å². The summed E-state index contributed by atoms with van der Waals surface area (Å²) in [5.41, 5.74) is 2.57. The number of hydrogen-bond donors (Lipinski definition) is 1. The molecule has 3 rings (SSSR count). The van der Waals surface area contributed by atoms with Crippen LogP contribution >= 0.6 is 15.9 Å². The fourth-order valence-electron chi connectivity index (χ4n) is 3.09. The van der Waals surface area contributed by atoms with Crippen molar-refractivity contribution in [1.82, 2.24) is 0 Å². The third-order valence-corrected chi connectivity index (χ3v) is 5.21. The number of anilines is 2. The first kappa shape index (κ1) is 17.8. The van der Waals surface area contributed by atoms with Gasteiger partial charge in [0.25, 0.3) is 5.91 Å². The Hall–Kier alpha value is -2.01. The standard InChI is InChI=1S/C20H23BrN2O2/c1-25-17-10-11-19(21)18(14-17)20(24)22-15-6-8-16(9-7-15)23-12-4-2-3-5-13-23/h6-11,14H,2-5,12-13H2,1H3,(H,22,24). The highest BCUT2D eigenvalue weighted by molar-refractivity contribution is 9.10. The highest BCUT2D eigenvalue weighted by Crippen LogP contribution is 2.25. The predicted octanol–water partition coefficient (Wildman–Crippen LogP) is 5.09. The molecule has 2 aromatic rings. The molecule has 1 saturated heterocycles. The van der Waals surface area contributed by atoms with Crippen molar-refractivity contribution in [2.24, 2.45) is 0 Å². The van der Waals surface area contributed by atoms with Crippen LogP contribution in [0.3, 0.4) is 0 Å². The molecule has 0 radical (unpaired) electrons. The number of rotatable bonds is 4. The zero-order chi connectivity index (χ0) is 17.6. The Morgan fingerprint density at radius 1 is 1.04 bits per heavy atom. The minimum Gasteiger partial charge on any atom is -0.497 e. The third-order valence-electron chi connectivity index (χ3n) is 4.51. The Bertz CT molecular complexity index is 723. The lowest BCUT2D eigenvalue weighted by Crippen LogP contribution is -2.23. The predicted molar refractivity (Wildman–Crippen MR) is 106 cm³/mol. The molecule has 1 amide bonds. The quantitative estimate of drug-likeness (QED) is 0.773. The highest BCUT2D eigenvalue weighted by Gasteiger charge is 2.13. The van der Waals surface area contributed by atoms with Gasteiger partial charge in [0.05, 0.1) is 12.7 Å². The molecule has 2 aromatic carbocycles. The second-order valence-corrected chi connectivity index (χ2v) is 7.10. The fourth-order valence-corrected chi connectivity index (χ4v) is 3.51. The number of methoxy groups -OCH3 is 1. The monoisotopic (exact) mass is 402 g/mol. The number of benzene rings is 2. The van der Waals surface area contributed by atoms with E-state index in [0.29, 0.717) is 11.3 Å². The van der Waals surface area contributed by atoms with Crippen molar-refractivity contribution in [3.05, 3.63) is 52.5 Å². The number of carbonyl (C=O) groups excluding carboxylic acids is 1. The van der Waals surface area contributed by atoms with E-state index in [4.69, 9.17) is 4.74 Å². The smallest absolute Gasteiger partial charge is 0.256 e. The van der Waals surface area contributed by atoms with Gasteiger partial charge in [-0.05, 0) is 71.2 Å². The van der Waals surface area contributed by atoms with E-state index in [-0.39, 0.29) is 5.91 Å². The lowest BCUT2D eigenvalue weighted by molar-refractivity contribution is 0.102. The molecule has 0 spiro atoms. The summed E-state index contributed by atoms with van der Waals surface area (Å²) >= 11 is 3.42. The van der Waals surface area contributed by atoms with Gasteiger partial charge >= 0.3 is 0 Å². The maximum atomic E-state index is 12.5. The molecular formula is C20H23BrN2O2. The summed E-state index contributed by atoms with van der Waals surface area (Å²) in [6, 6.07) is 13.5. The number of amides is 1. The first-order valence-corrected chi connectivity index (χ1v) is 9.46. The molecule has 132 valence electrons. The van der Waals surface area contributed by atoms with Crippen LogP contribution in [0.15, 0.2) is 46.9 Å². The number of hydrogen-bond acceptors (Lipinski definition) is 3. The van der Waals surface area contributed by atoms with E-state index >= 15 is 0 Å². The number of nitrogens with zero attached hydrogens (tertiary/aromatic N) is 1. The van der Waals surface area contributed by atoms with E-state index in [0.717, 1.165) is 23.2 Å². The van der Waals surface area contributed by atoms with Crippen molar-refractivity contribution in [1.29, 1.82) is 0 Å².